The van der Waals surface area contributed by atoms with Crippen molar-refractivity contribution in [1.29, 1.82) is 0 Å². The monoisotopic (exact) mass is 464 g/mol. The summed E-state index contributed by atoms with van der Waals surface area (Å²) in [6, 6.07) is 14.3. The number of oxime groups is 1. The Morgan fingerprint density at radius 2 is 1.78 bits per heavy atom. The van der Waals surface area contributed by atoms with Gasteiger partial charge in [0.25, 0.3) is 5.56 Å². The third-order valence-electron chi connectivity index (χ3n) is 4.25. The lowest BCUT2D eigenvalue weighted by atomic mass is 10.1. The number of nitrogens with two attached hydrogens (primary N) is 1. The highest BCUT2D eigenvalue weighted by Crippen LogP contribution is 2.28. The van der Waals surface area contributed by atoms with Crippen LogP contribution in [0, 0.1) is 0 Å². The van der Waals surface area contributed by atoms with Crippen LogP contribution in [-0.4, -0.2) is 16.5 Å². The molecule has 0 aliphatic rings. The van der Waals surface area contributed by atoms with E-state index in [1.54, 1.807) is 36.4 Å². The molecule has 3 N–H and O–H groups in total. The van der Waals surface area contributed by atoms with Crippen LogP contribution in [0.25, 0.3) is 0 Å². The van der Waals surface area contributed by atoms with Gasteiger partial charge < -0.3 is 10.3 Å². The van der Waals surface area contributed by atoms with Crippen LogP contribution >= 0.6 is 11.6 Å². The molecule has 0 fully saturated rings. The van der Waals surface area contributed by atoms with E-state index >= 15 is 0 Å². The Bertz CT molecular complexity index is 1210. The van der Waals surface area contributed by atoms with Crippen molar-refractivity contribution in [3.63, 3.8) is 0 Å². The zero-order valence-electron chi connectivity index (χ0n) is 16.3. The van der Waals surface area contributed by atoms with Crippen LogP contribution in [0.5, 0.6) is 0 Å². The highest BCUT2D eigenvalue weighted by atomic mass is 35.5. The first-order valence-corrected chi connectivity index (χ1v) is 9.44. The molecular weight excluding hydrogens is 449 g/mol. The van der Waals surface area contributed by atoms with E-state index in [-0.39, 0.29) is 12.4 Å². The first-order valence-electron chi connectivity index (χ1n) is 9.06. The molecule has 7 nitrogen and oxygen atoms in total. The highest BCUT2D eigenvalue weighted by Gasteiger charge is 2.31. The van der Waals surface area contributed by atoms with Crippen molar-refractivity contribution >= 4 is 29.2 Å². The van der Waals surface area contributed by atoms with E-state index in [2.05, 4.69) is 10.5 Å². The largest absolute Gasteiger partial charge is 0.437 e. The number of amides is 1. The van der Waals surface area contributed by atoms with Crippen LogP contribution in [0.4, 0.5) is 23.7 Å². The Kier molecular flexibility index (Phi) is 6.84. The summed E-state index contributed by atoms with van der Waals surface area (Å²) in [6.45, 7) is -0.0726. The van der Waals surface area contributed by atoms with E-state index in [0.717, 1.165) is 22.9 Å². The summed E-state index contributed by atoms with van der Waals surface area (Å²) in [5.74, 6) is -0.109. The van der Waals surface area contributed by atoms with Crippen molar-refractivity contribution in [2.75, 3.05) is 5.32 Å². The van der Waals surface area contributed by atoms with Crippen LogP contribution < -0.4 is 16.6 Å². The summed E-state index contributed by atoms with van der Waals surface area (Å²) in [5, 5.41) is 6.27. The number of halogens is 4. The number of aromatic nitrogens is 1. The zero-order valence-corrected chi connectivity index (χ0v) is 17.0. The summed E-state index contributed by atoms with van der Waals surface area (Å²) in [6.07, 6.45) is -4.69. The molecule has 0 unspecified atom stereocenters. The summed E-state index contributed by atoms with van der Waals surface area (Å²) >= 11 is 5.93. The molecule has 0 spiro atoms. The van der Waals surface area contributed by atoms with Gasteiger partial charge in [-0.3, -0.25) is 14.9 Å². The van der Waals surface area contributed by atoms with Gasteiger partial charge in [-0.25, -0.2) is 4.79 Å². The molecule has 11 heteroatoms. The molecule has 0 atom stereocenters. The van der Waals surface area contributed by atoms with Gasteiger partial charge in [0.1, 0.15) is 0 Å². The lowest BCUT2D eigenvalue weighted by molar-refractivity contribution is -0.138. The Morgan fingerprint density at radius 1 is 1.09 bits per heavy atom. The van der Waals surface area contributed by atoms with Crippen molar-refractivity contribution in [3.05, 3.63) is 98.9 Å². The zero-order chi connectivity index (χ0) is 23.3. The topological polar surface area (TPSA) is 98.7 Å². The van der Waals surface area contributed by atoms with Crippen LogP contribution in [0.3, 0.4) is 0 Å². The number of hydrogen-bond acceptors (Lipinski definition) is 4. The van der Waals surface area contributed by atoms with Gasteiger partial charge in [0.05, 0.1) is 22.8 Å². The van der Waals surface area contributed by atoms with Gasteiger partial charge in [0.15, 0.2) is 5.84 Å². The first-order chi connectivity index (χ1) is 15.1. The summed E-state index contributed by atoms with van der Waals surface area (Å²) in [4.78, 5) is 28.4. The fourth-order valence-electron chi connectivity index (χ4n) is 2.64. The number of benzene rings is 2. The van der Waals surface area contributed by atoms with Crippen molar-refractivity contribution in [2.45, 2.75) is 12.7 Å². The predicted molar refractivity (Wildman–Crippen MR) is 114 cm³/mol. The molecule has 3 aromatic rings. The number of carbonyl (C=O) groups excluding carboxylic acids is 1. The number of nitrogens with one attached hydrogen (secondary N) is 1. The second kappa shape index (κ2) is 9.56. The van der Waals surface area contributed by atoms with Crippen molar-refractivity contribution < 1.29 is 22.8 Å². The minimum Gasteiger partial charge on any atom is -0.380 e. The number of alkyl halides is 3. The fraction of sp³-hybridized carbons (Fsp3) is 0.0952. The summed E-state index contributed by atoms with van der Waals surface area (Å²) < 4.78 is 39.5. The molecule has 2 aromatic carbocycles. The number of carbonyl (C=O) groups is 1. The van der Waals surface area contributed by atoms with E-state index in [1.165, 1.54) is 12.1 Å². The maximum Gasteiger partial charge on any atom is 0.437 e. The van der Waals surface area contributed by atoms with Crippen LogP contribution in [0.1, 0.15) is 16.7 Å². The van der Waals surface area contributed by atoms with Gasteiger partial charge in [-0.05, 0) is 23.8 Å². The van der Waals surface area contributed by atoms with Crippen molar-refractivity contribution in [1.82, 2.24) is 4.57 Å². The van der Waals surface area contributed by atoms with E-state index in [9.17, 15) is 22.8 Å². The lowest BCUT2D eigenvalue weighted by Crippen LogP contribution is -2.22. The molecule has 0 saturated heterocycles. The van der Waals surface area contributed by atoms with E-state index in [1.807, 2.05) is 0 Å². The molecule has 0 radical (unpaired) electrons. The third-order valence-corrected chi connectivity index (χ3v) is 4.58. The summed E-state index contributed by atoms with van der Waals surface area (Å²) in [5.41, 5.74) is 5.60. The summed E-state index contributed by atoms with van der Waals surface area (Å²) in [7, 11) is 0. The van der Waals surface area contributed by atoms with Crippen molar-refractivity contribution in [2.24, 2.45) is 10.9 Å². The minimum absolute atomic E-state index is 0.0726. The Balaban J connectivity index is 1.66. The number of rotatable bonds is 5. The molecule has 32 heavy (non-hydrogen) atoms. The predicted octanol–water partition coefficient (Wildman–Crippen LogP) is 4.44. The maximum atomic E-state index is 12.9. The smallest absolute Gasteiger partial charge is 0.380 e. The standard InChI is InChI=1S/C21H16ClF3N4O3/c22-16-3-1-2-4-17(16)27-20(31)32-28-19(26)14-7-5-13(6-8-14)11-29-12-15(21(23,24)25)9-10-18(29)30/h1-10,12H,11H2,(H2,26,28)(H,27,31). The quantitative estimate of drug-likeness (QED) is 0.252. The minimum atomic E-state index is -4.55. The van der Waals surface area contributed by atoms with Gasteiger partial charge >= 0.3 is 12.3 Å². The molecule has 3 rings (SSSR count). The SMILES string of the molecule is NC(=NOC(=O)Nc1ccccc1Cl)c1ccc(Cn2cc(C(F)(F)F)ccc2=O)cc1. The number of nitrogens with zero attached hydrogens (tertiary/aromatic N) is 2. The molecule has 1 heterocycles. The second-order valence-corrected chi connectivity index (χ2v) is 6.95. The highest BCUT2D eigenvalue weighted by molar-refractivity contribution is 6.33. The van der Waals surface area contributed by atoms with E-state index in [4.69, 9.17) is 22.2 Å². The Hall–Kier alpha value is -3.79. The van der Waals surface area contributed by atoms with E-state index in [0.29, 0.717) is 21.8 Å². The van der Waals surface area contributed by atoms with E-state index < -0.39 is 23.4 Å². The van der Waals surface area contributed by atoms with Gasteiger partial charge in [-0.15, -0.1) is 0 Å². The van der Waals surface area contributed by atoms with Crippen molar-refractivity contribution in [3.8, 4) is 0 Å². The third kappa shape index (κ3) is 5.88. The number of para-hydroxylation sites is 1. The van der Waals surface area contributed by atoms with Gasteiger partial charge in [-0.1, -0.05) is 53.2 Å². The molecule has 1 amide bonds. The van der Waals surface area contributed by atoms with Crippen LogP contribution in [0.15, 0.2) is 76.8 Å². The average Bonchev–Trinajstić information content (AvgIpc) is 2.75. The Morgan fingerprint density at radius 3 is 2.44 bits per heavy atom. The Labute approximate surface area is 184 Å². The number of pyridine rings is 1. The fourth-order valence-corrected chi connectivity index (χ4v) is 2.82. The molecule has 166 valence electrons. The number of hydrogen-bond donors (Lipinski definition) is 2. The van der Waals surface area contributed by atoms with Gasteiger partial charge in [0.2, 0.25) is 0 Å². The maximum absolute atomic E-state index is 12.9. The van der Waals surface area contributed by atoms with Gasteiger partial charge in [-0.2, -0.15) is 13.2 Å². The normalized spacial score (nSPS) is 11.8. The molecule has 0 aliphatic carbocycles. The molecule has 0 aliphatic heterocycles. The molecule has 0 saturated carbocycles. The number of amidine groups is 1. The molecule has 1 aromatic heterocycles. The lowest BCUT2D eigenvalue weighted by Gasteiger charge is -2.11. The van der Waals surface area contributed by atoms with Crippen LogP contribution in [0.2, 0.25) is 5.02 Å². The molecular formula is C21H16ClF3N4O3. The second-order valence-electron chi connectivity index (χ2n) is 6.54. The molecule has 0 bridgehead atoms. The van der Waals surface area contributed by atoms with Crippen LogP contribution in [-0.2, 0) is 17.6 Å². The first kappa shape index (κ1) is 22.9. The van der Waals surface area contributed by atoms with Gasteiger partial charge in [0, 0.05) is 17.8 Å². The number of anilines is 1. The average molecular weight is 465 g/mol.